The number of carbonyl (C=O) groups excluding carboxylic acids is 1. The molecule has 1 saturated heterocycles. The number of nitrogens with one attached hydrogen (secondary N) is 1. The fraction of sp³-hybridized carbons (Fsp3) is 0.721. The van der Waals surface area contributed by atoms with Crippen LogP contribution in [-0.4, -0.2) is 87.5 Å². The van der Waals surface area contributed by atoms with Crippen molar-refractivity contribution < 1.29 is 39.8 Å². The zero-order chi connectivity index (χ0) is 55.8. The Morgan fingerprint density at radius 2 is 0.818 bits per heavy atom. The van der Waals surface area contributed by atoms with Gasteiger partial charge in [0.2, 0.25) is 5.91 Å². The van der Waals surface area contributed by atoms with Crippen molar-refractivity contribution in [2.75, 3.05) is 13.2 Å². The van der Waals surface area contributed by atoms with E-state index in [0.717, 1.165) is 89.9 Å². The summed E-state index contributed by atoms with van der Waals surface area (Å²) in [6.45, 7) is 3.65. The summed E-state index contributed by atoms with van der Waals surface area (Å²) in [6.07, 6.45) is 76.0. The van der Waals surface area contributed by atoms with Gasteiger partial charge in [-0.15, -0.1) is 0 Å². The van der Waals surface area contributed by atoms with Crippen molar-refractivity contribution in [3.05, 3.63) is 109 Å². The van der Waals surface area contributed by atoms with Crippen LogP contribution in [0.15, 0.2) is 109 Å². The molecule has 0 spiro atoms. The van der Waals surface area contributed by atoms with Crippen molar-refractivity contribution in [2.45, 2.75) is 301 Å². The number of rotatable bonds is 53. The van der Waals surface area contributed by atoms with Crippen LogP contribution < -0.4 is 5.32 Å². The van der Waals surface area contributed by atoms with Gasteiger partial charge in [-0.3, -0.25) is 4.79 Å². The second-order valence-electron chi connectivity index (χ2n) is 21.4. The quantitative estimate of drug-likeness (QED) is 0.0261. The predicted molar refractivity (Wildman–Crippen MR) is 327 cm³/mol. The Labute approximate surface area is 472 Å². The smallest absolute Gasteiger partial charge is 0.220 e. The van der Waals surface area contributed by atoms with Gasteiger partial charge in [0.1, 0.15) is 24.4 Å². The topological polar surface area (TPSA) is 149 Å². The Bertz CT molecular complexity index is 1580. The Morgan fingerprint density at radius 3 is 1.25 bits per heavy atom. The first-order chi connectivity index (χ1) is 37.8. The standard InChI is InChI=1S/C68H117NO8/c1-3-5-7-9-11-13-15-17-19-21-23-24-25-26-27-28-29-30-31-32-33-34-35-36-37-38-40-42-44-46-48-50-52-54-56-58-64(72)69-61(60-76-68-67(75)66(74)65(73)63(59-70)77-68)62(71)57-55-53-51-49-47-45-43-41-39-22-20-18-16-14-12-10-8-6-4-2/h5,7,11,13,17,19,23-24,26-27,29-30,39,41,47,49,55,57,61-63,65-68,70-71,73-75H,3-4,6,8-10,12,14-16,18,20-22,25,28,31-38,40,42-46,48,50-54,56,58-60H2,1-2H3,(H,69,72)/b7-5-,13-11-,19-17-,24-23-,27-26-,30-29-,41-39+,49-47+,57-55+. The third-order valence-corrected chi connectivity index (χ3v) is 14.3. The predicted octanol–water partition coefficient (Wildman–Crippen LogP) is 16.5. The molecule has 0 aromatic carbocycles. The van der Waals surface area contributed by atoms with Crippen LogP contribution in [0.1, 0.15) is 258 Å². The highest BCUT2D eigenvalue weighted by molar-refractivity contribution is 5.76. The zero-order valence-electron chi connectivity index (χ0n) is 49.2. The molecule has 0 radical (unpaired) electrons. The number of allylic oxidation sites excluding steroid dienone is 17. The first-order valence-electron chi connectivity index (χ1n) is 31.6. The average molecular weight is 1080 g/mol. The van der Waals surface area contributed by atoms with Gasteiger partial charge in [0.05, 0.1) is 25.4 Å². The minimum Gasteiger partial charge on any atom is -0.394 e. The van der Waals surface area contributed by atoms with Gasteiger partial charge in [-0.1, -0.05) is 264 Å². The van der Waals surface area contributed by atoms with Crippen molar-refractivity contribution >= 4 is 5.91 Å². The lowest BCUT2D eigenvalue weighted by atomic mass is 9.99. The maximum atomic E-state index is 13.1. The number of hydrogen-bond acceptors (Lipinski definition) is 8. The summed E-state index contributed by atoms with van der Waals surface area (Å²) < 4.78 is 11.3. The number of ether oxygens (including phenoxy) is 2. The number of aliphatic hydroxyl groups is 5. The Hall–Kier alpha value is -3.15. The zero-order valence-corrected chi connectivity index (χ0v) is 49.2. The molecule has 0 aromatic rings. The molecular weight excluding hydrogens is 959 g/mol. The Morgan fingerprint density at radius 1 is 0.455 bits per heavy atom. The highest BCUT2D eigenvalue weighted by Crippen LogP contribution is 2.23. The van der Waals surface area contributed by atoms with Crippen molar-refractivity contribution in [2.24, 2.45) is 0 Å². The summed E-state index contributed by atoms with van der Waals surface area (Å²) in [5.41, 5.74) is 0. The maximum Gasteiger partial charge on any atom is 0.220 e. The SMILES string of the molecule is CC/C=C\C/C=C\C/C=C\C/C=C\C/C=C\C/C=C\CCCCCCCCCCCCCCCCCCC(=O)NC(COC1OC(CO)C(O)C(O)C1O)C(O)/C=C/CC/C=C/CC/C=C/CCCCCCCCCCC. The summed E-state index contributed by atoms with van der Waals surface area (Å²) in [5.74, 6) is -0.193. The lowest BCUT2D eigenvalue weighted by molar-refractivity contribution is -0.302. The van der Waals surface area contributed by atoms with Crippen molar-refractivity contribution in [1.29, 1.82) is 0 Å². The van der Waals surface area contributed by atoms with E-state index in [1.165, 1.54) is 148 Å². The third kappa shape index (κ3) is 45.3. The van der Waals surface area contributed by atoms with E-state index in [9.17, 15) is 30.3 Å². The highest BCUT2D eigenvalue weighted by atomic mass is 16.7. The van der Waals surface area contributed by atoms with Crippen molar-refractivity contribution in [3.8, 4) is 0 Å². The summed E-state index contributed by atoms with van der Waals surface area (Å²) in [4.78, 5) is 13.1. The molecule has 9 nitrogen and oxygen atoms in total. The van der Waals surface area contributed by atoms with Crippen LogP contribution in [0, 0.1) is 0 Å². The fourth-order valence-corrected chi connectivity index (χ4v) is 9.37. The second kappa shape index (κ2) is 56.1. The molecule has 1 rings (SSSR count). The number of aliphatic hydroxyl groups excluding tert-OH is 5. The number of amides is 1. The lowest BCUT2D eigenvalue weighted by Crippen LogP contribution is -2.60. The van der Waals surface area contributed by atoms with E-state index in [-0.39, 0.29) is 12.5 Å². The van der Waals surface area contributed by atoms with E-state index >= 15 is 0 Å². The van der Waals surface area contributed by atoms with Crippen LogP contribution in [0.5, 0.6) is 0 Å². The van der Waals surface area contributed by atoms with Gasteiger partial charge >= 0.3 is 0 Å². The first kappa shape index (κ1) is 71.9. The molecule has 7 atom stereocenters. The van der Waals surface area contributed by atoms with Gasteiger partial charge in [0.25, 0.3) is 0 Å². The molecule has 0 saturated carbocycles. The number of hydrogen-bond donors (Lipinski definition) is 6. The van der Waals surface area contributed by atoms with E-state index in [1.807, 2.05) is 6.08 Å². The van der Waals surface area contributed by atoms with Gasteiger partial charge in [0, 0.05) is 6.42 Å². The van der Waals surface area contributed by atoms with Gasteiger partial charge in [-0.25, -0.2) is 0 Å². The van der Waals surface area contributed by atoms with Crippen LogP contribution in [0.3, 0.4) is 0 Å². The minimum absolute atomic E-state index is 0.193. The Kier molecular flexibility index (Phi) is 52.4. The summed E-state index contributed by atoms with van der Waals surface area (Å²) >= 11 is 0. The Balaban J connectivity index is 2.17. The van der Waals surface area contributed by atoms with E-state index in [2.05, 4.69) is 116 Å². The summed E-state index contributed by atoms with van der Waals surface area (Å²) in [5, 5.41) is 54.6. The largest absolute Gasteiger partial charge is 0.394 e. The molecule has 77 heavy (non-hydrogen) atoms. The van der Waals surface area contributed by atoms with Crippen LogP contribution in [0.4, 0.5) is 0 Å². The summed E-state index contributed by atoms with van der Waals surface area (Å²) in [7, 11) is 0. The maximum absolute atomic E-state index is 13.1. The molecule has 0 aliphatic carbocycles. The molecule has 9 heteroatoms. The average Bonchev–Trinajstić information content (AvgIpc) is 3.43. The fourth-order valence-electron chi connectivity index (χ4n) is 9.37. The van der Waals surface area contributed by atoms with Crippen LogP contribution in [-0.2, 0) is 14.3 Å². The minimum atomic E-state index is -1.58. The molecule has 1 amide bonds. The van der Waals surface area contributed by atoms with Gasteiger partial charge in [-0.2, -0.15) is 0 Å². The van der Waals surface area contributed by atoms with E-state index < -0.39 is 49.5 Å². The molecule has 0 aromatic heterocycles. The van der Waals surface area contributed by atoms with Gasteiger partial charge in [-0.05, 0) is 96.3 Å². The third-order valence-electron chi connectivity index (χ3n) is 14.3. The van der Waals surface area contributed by atoms with E-state index in [4.69, 9.17) is 9.47 Å². The lowest BCUT2D eigenvalue weighted by Gasteiger charge is -2.40. The van der Waals surface area contributed by atoms with E-state index in [0.29, 0.717) is 6.42 Å². The van der Waals surface area contributed by atoms with Crippen LogP contribution in [0.2, 0.25) is 0 Å². The van der Waals surface area contributed by atoms with Crippen molar-refractivity contribution in [3.63, 3.8) is 0 Å². The van der Waals surface area contributed by atoms with Gasteiger partial charge < -0.3 is 40.3 Å². The number of carbonyl (C=O) groups is 1. The second-order valence-corrected chi connectivity index (χ2v) is 21.4. The molecule has 1 fully saturated rings. The molecule has 1 heterocycles. The monoisotopic (exact) mass is 1080 g/mol. The molecule has 6 N–H and O–H groups in total. The molecule has 442 valence electrons. The normalized spacial score (nSPS) is 19.5. The molecule has 0 bridgehead atoms. The summed E-state index contributed by atoms with van der Waals surface area (Å²) in [6, 6.07) is -0.834. The molecular formula is C68H117NO8. The van der Waals surface area contributed by atoms with Crippen LogP contribution >= 0.6 is 0 Å². The van der Waals surface area contributed by atoms with Crippen LogP contribution in [0.25, 0.3) is 0 Å². The highest BCUT2D eigenvalue weighted by Gasteiger charge is 2.44. The molecule has 1 aliphatic rings. The molecule has 7 unspecified atom stereocenters. The molecule has 1 aliphatic heterocycles. The van der Waals surface area contributed by atoms with Crippen molar-refractivity contribution in [1.82, 2.24) is 5.32 Å². The number of unbranched alkanes of at least 4 members (excludes halogenated alkanes) is 27. The van der Waals surface area contributed by atoms with E-state index in [1.54, 1.807) is 6.08 Å². The first-order valence-corrected chi connectivity index (χ1v) is 31.6. The van der Waals surface area contributed by atoms with Gasteiger partial charge in [0.15, 0.2) is 6.29 Å².